The molecule has 0 saturated carbocycles. The SMILES string of the molecule is CCCOc1c2cc(COC)cc1Cc1cc(C[n+]3ccn(C(C)C)c3)cc(c1OCCC)Cc1cc(COC)cc(c1OCCC)Cc1cc(C[n+]3ccn(C(C)C)c3)cc(c1OCCC)C2.[Cl-].[Cl-]. The summed E-state index contributed by atoms with van der Waals surface area (Å²) in [5, 5.41) is 0. The minimum absolute atomic E-state index is 0. The molecule has 4 aromatic carbocycles. The van der Waals surface area contributed by atoms with Crippen LogP contribution in [0.1, 0.15) is 160 Å². The summed E-state index contributed by atoms with van der Waals surface area (Å²) < 4.78 is 48.6. The number of aromatic nitrogens is 4. The van der Waals surface area contributed by atoms with Crippen LogP contribution in [0.2, 0.25) is 0 Å². The number of benzene rings is 4. The number of imidazole rings is 2. The highest BCUT2D eigenvalue weighted by Crippen LogP contribution is 2.41. The second-order valence-corrected chi connectivity index (χ2v) is 19.2. The predicted octanol–water partition coefficient (Wildman–Crippen LogP) is 5.26. The fourth-order valence-electron chi connectivity index (χ4n) is 9.46. The minimum Gasteiger partial charge on any atom is -1.00 e. The molecule has 0 radical (unpaired) electrons. The molecule has 1 aliphatic carbocycles. The highest BCUT2D eigenvalue weighted by molar-refractivity contribution is 5.58. The van der Waals surface area contributed by atoms with Crippen molar-refractivity contribution in [1.82, 2.24) is 9.13 Å². The Kier molecular flexibility index (Phi) is 21.6. The lowest BCUT2D eigenvalue weighted by molar-refractivity contribution is -0.688. The number of hydrogen-bond acceptors (Lipinski definition) is 6. The van der Waals surface area contributed by atoms with Crippen LogP contribution in [-0.2, 0) is 61.5 Å². The Balaban J connectivity index is 0.00000456. The molecule has 2 heterocycles. The summed E-state index contributed by atoms with van der Waals surface area (Å²) in [4.78, 5) is 0. The fraction of sp³-hybridized carbons (Fsp3) is 0.483. The van der Waals surface area contributed by atoms with Gasteiger partial charge in [0.1, 0.15) is 60.9 Å². The van der Waals surface area contributed by atoms with Gasteiger partial charge in [0.05, 0.1) is 51.7 Å². The second kappa shape index (κ2) is 27.0. The Labute approximate surface area is 431 Å². The zero-order valence-electron chi connectivity index (χ0n) is 43.5. The summed E-state index contributed by atoms with van der Waals surface area (Å²) >= 11 is 0. The third-order valence-corrected chi connectivity index (χ3v) is 12.5. The maximum atomic E-state index is 6.95. The van der Waals surface area contributed by atoms with Crippen molar-refractivity contribution in [2.24, 2.45) is 0 Å². The Hall–Kier alpha value is -5.00. The normalized spacial score (nSPS) is 12.2. The summed E-state index contributed by atoms with van der Waals surface area (Å²) in [7, 11) is 3.55. The van der Waals surface area contributed by atoms with E-state index in [1.807, 2.05) is 0 Å². The van der Waals surface area contributed by atoms with E-state index < -0.39 is 0 Å². The molecule has 7 rings (SSSR count). The Morgan fingerprint density at radius 1 is 0.429 bits per heavy atom. The molecule has 0 spiro atoms. The Bertz CT molecular complexity index is 2330. The van der Waals surface area contributed by atoms with Gasteiger partial charge in [-0.3, -0.25) is 0 Å². The van der Waals surface area contributed by atoms with Crippen LogP contribution in [0.5, 0.6) is 23.0 Å². The average molecular weight is 998 g/mol. The maximum Gasteiger partial charge on any atom is 0.244 e. The first-order valence-electron chi connectivity index (χ1n) is 25.2. The van der Waals surface area contributed by atoms with Crippen LogP contribution in [0.25, 0.3) is 0 Å². The van der Waals surface area contributed by atoms with E-state index in [4.69, 9.17) is 28.4 Å². The fourth-order valence-corrected chi connectivity index (χ4v) is 9.46. The number of hydrogen-bond donors (Lipinski definition) is 0. The molecule has 0 saturated heterocycles. The summed E-state index contributed by atoms with van der Waals surface area (Å²) in [6.07, 6.45) is 19.1. The van der Waals surface area contributed by atoms with Gasteiger partial charge in [-0.05, 0) is 169 Å². The molecule has 70 heavy (non-hydrogen) atoms. The molecule has 380 valence electrons. The van der Waals surface area contributed by atoms with Crippen molar-refractivity contribution in [2.75, 3.05) is 40.6 Å². The van der Waals surface area contributed by atoms with Crippen molar-refractivity contribution in [3.63, 3.8) is 0 Å². The molecule has 6 aromatic rings. The molecular formula is C58H78Cl2N4O6. The largest absolute Gasteiger partial charge is 1.00 e. The molecule has 0 atom stereocenters. The number of rotatable bonds is 22. The third kappa shape index (κ3) is 14.1. The number of nitrogens with zero attached hydrogens (tertiary/aromatic N) is 4. The van der Waals surface area contributed by atoms with Gasteiger partial charge in [-0.15, -0.1) is 0 Å². The second-order valence-electron chi connectivity index (χ2n) is 19.2. The number of fused-ring (bicyclic) bond motifs is 8. The molecule has 10 nitrogen and oxygen atoms in total. The predicted molar refractivity (Wildman–Crippen MR) is 270 cm³/mol. The standard InChI is InChI=1S/C58H78N4O6.2ClH/c1-11-19-65-55-47-23-43(35-59-15-17-61(39-59)41(5)6)24-48(55)32-52-28-46(38-64-10)30-54(58(52)68-22-14-4)34-50-26-44(36-60-16-18-62(40-60)42(7)8)25-49(56(50)66-20-12-2)33-53-29-45(37-63-9)27-51(31-47)57(53)67-21-13-3;;/h15-18,23-30,39-42H,11-14,19-22,31-38H2,1-10H3;2*1H/q+2;;/p-2. The summed E-state index contributed by atoms with van der Waals surface area (Å²) in [6, 6.07) is 19.3. The van der Waals surface area contributed by atoms with Crippen molar-refractivity contribution < 1.29 is 62.4 Å². The third-order valence-electron chi connectivity index (χ3n) is 12.5. The summed E-state index contributed by atoms with van der Waals surface area (Å²) in [6.45, 7) is 22.4. The maximum absolute atomic E-state index is 6.95. The van der Waals surface area contributed by atoms with E-state index in [1.54, 1.807) is 14.2 Å². The van der Waals surface area contributed by atoms with E-state index in [0.29, 0.717) is 90.5 Å². The first-order valence-corrected chi connectivity index (χ1v) is 25.2. The van der Waals surface area contributed by atoms with Gasteiger partial charge in [0.15, 0.2) is 0 Å². The van der Waals surface area contributed by atoms with Crippen molar-refractivity contribution in [1.29, 1.82) is 0 Å². The molecule has 0 amide bonds. The topological polar surface area (TPSA) is 73.0 Å². The zero-order chi connectivity index (χ0) is 48.2. The van der Waals surface area contributed by atoms with Crippen molar-refractivity contribution in [2.45, 2.75) is 145 Å². The van der Waals surface area contributed by atoms with Gasteiger partial charge in [0.25, 0.3) is 0 Å². The smallest absolute Gasteiger partial charge is 0.244 e. The average Bonchev–Trinajstić information content (AvgIpc) is 3.99. The minimum atomic E-state index is 0. The lowest BCUT2D eigenvalue weighted by Gasteiger charge is -2.24. The van der Waals surface area contributed by atoms with E-state index in [1.165, 1.54) is 11.1 Å². The van der Waals surface area contributed by atoms with Crippen LogP contribution in [0.3, 0.4) is 0 Å². The van der Waals surface area contributed by atoms with Crippen molar-refractivity contribution >= 4 is 0 Å². The van der Waals surface area contributed by atoms with Crippen LogP contribution in [0.4, 0.5) is 0 Å². The highest BCUT2D eigenvalue weighted by Gasteiger charge is 2.26. The molecule has 1 aliphatic rings. The van der Waals surface area contributed by atoms with Gasteiger partial charge in [-0.2, -0.15) is 0 Å². The Morgan fingerprint density at radius 2 is 0.686 bits per heavy atom. The molecular weight excluding hydrogens is 920 g/mol. The van der Waals surface area contributed by atoms with Crippen molar-refractivity contribution in [3.05, 3.63) is 153 Å². The number of ether oxygens (including phenoxy) is 6. The first-order chi connectivity index (χ1) is 33.0. The van der Waals surface area contributed by atoms with Crippen LogP contribution < -0.4 is 52.9 Å². The number of methoxy groups -OCH3 is 2. The molecule has 0 fully saturated rings. The van der Waals surface area contributed by atoms with Gasteiger partial charge >= 0.3 is 0 Å². The van der Waals surface area contributed by atoms with E-state index >= 15 is 0 Å². The van der Waals surface area contributed by atoms with E-state index in [2.05, 4.69) is 160 Å². The van der Waals surface area contributed by atoms with Gasteiger partial charge in [0, 0.05) is 39.9 Å². The Morgan fingerprint density at radius 3 is 0.900 bits per heavy atom. The molecule has 0 unspecified atom stereocenters. The zero-order valence-corrected chi connectivity index (χ0v) is 45.1. The lowest BCUT2D eigenvalue weighted by atomic mass is 9.88. The quantitative estimate of drug-likeness (QED) is 0.0865. The van der Waals surface area contributed by atoms with Crippen LogP contribution in [-0.4, -0.2) is 49.8 Å². The molecule has 12 heteroatoms. The van der Waals surface area contributed by atoms with Crippen LogP contribution in [0, 0.1) is 0 Å². The molecule has 0 aliphatic heterocycles. The van der Waals surface area contributed by atoms with Gasteiger partial charge in [0.2, 0.25) is 12.7 Å². The summed E-state index contributed by atoms with van der Waals surface area (Å²) in [5.74, 6) is 3.72. The van der Waals surface area contributed by atoms with Crippen LogP contribution in [0.15, 0.2) is 86.0 Å². The molecule has 2 aromatic heterocycles. The molecule has 8 bridgehead atoms. The highest BCUT2D eigenvalue weighted by atomic mass is 35.5. The number of halogens is 2. The van der Waals surface area contributed by atoms with Gasteiger partial charge < -0.3 is 53.2 Å². The van der Waals surface area contributed by atoms with E-state index in [9.17, 15) is 0 Å². The van der Waals surface area contributed by atoms with Crippen molar-refractivity contribution in [3.8, 4) is 23.0 Å². The van der Waals surface area contributed by atoms with Crippen LogP contribution >= 0.6 is 0 Å². The summed E-state index contributed by atoms with van der Waals surface area (Å²) in [5.41, 5.74) is 13.6. The van der Waals surface area contributed by atoms with E-state index in [0.717, 1.165) is 104 Å². The monoisotopic (exact) mass is 997 g/mol. The molecule has 0 N–H and O–H groups in total. The van der Waals surface area contributed by atoms with E-state index in [-0.39, 0.29) is 24.8 Å². The first kappa shape index (κ1) is 55.9. The van der Waals surface area contributed by atoms with Gasteiger partial charge in [-0.25, -0.2) is 18.3 Å². The van der Waals surface area contributed by atoms with Gasteiger partial charge in [-0.1, -0.05) is 27.7 Å². The lowest BCUT2D eigenvalue weighted by Crippen LogP contribution is -3.00.